The molecule has 49 valence electrons. The first-order valence-electron chi connectivity index (χ1n) is 3.21. The van der Waals surface area contributed by atoms with Crippen LogP contribution in [0.1, 0.15) is 26.7 Å². The Labute approximate surface area is 51.7 Å². The third-order valence-corrected chi connectivity index (χ3v) is 1.00. The quantitative estimate of drug-likeness (QED) is 0.552. The number of aliphatic hydroxyl groups excluding tert-OH is 1. The van der Waals surface area contributed by atoms with Crippen LogP contribution < -0.4 is 0 Å². The van der Waals surface area contributed by atoms with Gasteiger partial charge in [0.15, 0.2) is 0 Å². The predicted octanol–water partition coefficient (Wildman–Crippen LogP) is 1.62. The Bertz CT molecular complexity index is 41.7. The molecule has 1 radical (unpaired) electrons. The molecule has 0 aromatic heterocycles. The maximum Gasteiger partial charge on any atom is 0.0431 e. The molecule has 0 atom stereocenters. The lowest BCUT2D eigenvalue weighted by Gasteiger charge is -1.99. The second-order valence-electron chi connectivity index (χ2n) is 2.35. The minimum absolute atomic E-state index is 0.323. The van der Waals surface area contributed by atoms with Gasteiger partial charge in [-0.1, -0.05) is 13.8 Å². The molecule has 0 aromatic rings. The third kappa shape index (κ3) is 5.96. The van der Waals surface area contributed by atoms with E-state index in [-0.39, 0.29) is 0 Å². The fourth-order valence-electron chi connectivity index (χ4n) is 0.542. The average molecular weight is 115 g/mol. The molecule has 0 fully saturated rings. The number of aliphatic hydroxyl groups is 1. The summed E-state index contributed by atoms with van der Waals surface area (Å²) in [5.41, 5.74) is 0. The van der Waals surface area contributed by atoms with Crippen LogP contribution in [-0.2, 0) is 0 Å². The highest BCUT2D eigenvalue weighted by molar-refractivity contribution is 4.67. The van der Waals surface area contributed by atoms with Gasteiger partial charge >= 0.3 is 0 Å². The van der Waals surface area contributed by atoms with Gasteiger partial charge in [-0.3, -0.25) is 0 Å². The molecule has 0 spiro atoms. The molecule has 0 saturated heterocycles. The highest BCUT2D eigenvalue weighted by atomic mass is 16.2. The fraction of sp³-hybridized carbons (Fsp3) is 0.857. The van der Waals surface area contributed by atoms with E-state index in [1.165, 1.54) is 0 Å². The second-order valence-corrected chi connectivity index (χ2v) is 2.35. The molecule has 0 heterocycles. The lowest BCUT2D eigenvalue weighted by Crippen LogP contribution is -1.89. The summed E-state index contributed by atoms with van der Waals surface area (Å²) in [7, 11) is 0. The van der Waals surface area contributed by atoms with Gasteiger partial charge in [0.25, 0.3) is 0 Å². The average Bonchev–Trinajstić information content (AvgIpc) is 1.66. The van der Waals surface area contributed by atoms with Gasteiger partial charge in [0.1, 0.15) is 0 Å². The predicted molar refractivity (Wildman–Crippen MR) is 35.5 cm³/mol. The zero-order valence-electron chi connectivity index (χ0n) is 5.72. The molecule has 0 saturated carbocycles. The van der Waals surface area contributed by atoms with Crippen LogP contribution in [0.15, 0.2) is 0 Å². The van der Waals surface area contributed by atoms with Gasteiger partial charge in [-0.15, -0.1) is 0 Å². The molecule has 1 heteroatoms. The Hall–Kier alpha value is -0.0400. The summed E-state index contributed by atoms with van der Waals surface area (Å²) in [4.78, 5) is 0. The van der Waals surface area contributed by atoms with Crippen molar-refractivity contribution < 1.29 is 5.11 Å². The van der Waals surface area contributed by atoms with Crippen LogP contribution in [0.5, 0.6) is 0 Å². The molecule has 0 bridgehead atoms. The summed E-state index contributed by atoms with van der Waals surface area (Å²) >= 11 is 0. The van der Waals surface area contributed by atoms with Crippen LogP contribution in [-0.4, -0.2) is 11.7 Å². The summed E-state index contributed by atoms with van der Waals surface area (Å²) in [6, 6.07) is 0. The van der Waals surface area contributed by atoms with Crippen molar-refractivity contribution >= 4 is 0 Å². The number of rotatable bonds is 4. The Morgan fingerprint density at radius 1 is 1.50 bits per heavy atom. The maximum atomic E-state index is 8.36. The van der Waals surface area contributed by atoms with Gasteiger partial charge in [-0.05, 0) is 25.2 Å². The van der Waals surface area contributed by atoms with Gasteiger partial charge in [0.05, 0.1) is 0 Å². The minimum atomic E-state index is 0.323. The summed E-state index contributed by atoms with van der Waals surface area (Å²) in [6.45, 7) is 4.62. The summed E-state index contributed by atoms with van der Waals surface area (Å²) < 4.78 is 0. The van der Waals surface area contributed by atoms with E-state index in [1.807, 2.05) is 0 Å². The van der Waals surface area contributed by atoms with Crippen molar-refractivity contribution in [2.24, 2.45) is 5.92 Å². The van der Waals surface area contributed by atoms with Crippen LogP contribution in [0.2, 0.25) is 0 Å². The summed E-state index contributed by atoms with van der Waals surface area (Å²) in [5, 5.41) is 8.36. The smallest absolute Gasteiger partial charge is 0.0431 e. The van der Waals surface area contributed by atoms with Crippen LogP contribution in [0.25, 0.3) is 0 Å². The topological polar surface area (TPSA) is 20.2 Å². The first kappa shape index (κ1) is 7.96. The molecule has 0 aromatic carbocycles. The molecule has 8 heavy (non-hydrogen) atoms. The largest absolute Gasteiger partial charge is 0.396 e. The van der Waals surface area contributed by atoms with Gasteiger partial charge in [0.2, 0.25) is 0 Å². The molecule has 0 aliphatic heterocycles. The molecule has 0 unspecified atom stereocenters. The van der Waals surface area contributed by atoms with Crippen LogP contribution in [0.4, 0.5) is 0 Å². The van der Waals surface area contributed by atoms with Gasteiger partial charge in [0, 0.05) is 6.61 Å². The Kier molecular flexibility index (Phi) is 5.08. The van der Waals surface area contributed by atoms with Crippen molar-refractivity contribution in [1.29, 1.82) is 0 Å². The van der Waals surface area contributed by atoms with Crippen molar-refractivity contribution in [3.63, 3.8) is 0 Å². The first-order valence-corrected chi connectivity index (χ1v) is 3.21. The highest BCUT2D eigenvalue weighted by Gasteiger charge is 1.91. The van der Waals surface area contributed by atoms with E-state index in [1.54, 1.807) is 0 Å². The van der Waals surface area contributed by atoms with Crippen LogP contribution >= 0.6 is 0 Å². The zero-order valence-corrected chi connectivity index (χ0v) is 5.72. The maximum absolute atomic E-state index is 8.36. The number of hydrogen-bond donors (Lipinski definition) is 1. The molecular formula is C7H15O. The van der Waals surface area contributed by atoms with Crippen LogP contribution in [0.3, 0.4) is 0 Å². The van der Waals surface area contributed by atoms with Gasteiger partial charge < -0.3 is 5.11 Å². The summed E-state index contributed by atoms with van der Waals surface area (Å²) in [5.74, 6) is 0.668. The number of unbranched alkanes of at least 4 members (excludes halogenated alkanes) is 1. The van der Waals surface area contributed by atoms with Crippen molar-refractivity contribution in [3.8, 4) is 0 Å². The molecular weight excluding hydrogens is 100 g/mol. The van der Waals surface area contributed by atoms with E-state index in [4.69, 9.17) is 5.11 Å². The van der Waals surface area contributed by atoms with Crippen molar-refractivity contribution in [1.82, 2.24) is 0 Å². The molecule has 1 nitrogen and oxygen atoms in total. The van der Waals surface area contributed by atoms with E-state index in [9.17, 15) is 0 Å². The Morgan fingerprint density at radius 3 is 2.50 bits per heavy atom. The van der Waals surface area contributed by atoms with Gasteiger partial charge in [-0.2, -0.15) is 0 Å². The molecule has 0 aliphatic rings. The van der Waals surface area contributed by atoms with E-state index in [2.05, 4.69) is 20.3 Å². The Morgan fingerprint density at radius 2 is 2.12 bits per heavy atom. The minimum Gasteiger partial charge on any atom is -0.396 e. The number of hydrogen-bond acceptors (Lipinski definition) is 1. The van der Waals surface area contributed by atoms with Crippen LogP contribution in [0, 0.1) is 12.3 Å². The lowest BCUT2D eigenvalue weighted by atomic mass is 10.1. The molecule has 0 rings (SSSR count). The van der Waals surface area contributed by atoms with E-state index in [0.29, 0.717) is 12.5 Å². The SMILES string of the molecule is CC(C)[CH]CCCO. The van der Waals surface area contributed by atoms with Crippen molar-refractivity contribution in [2.75, 3.05) is 6.61 Å². The summed E-state index contributed by atoms with van der Waals surface area (Å²) in [6.07, 6.45) is 4.18. The second kappa shape index (κ2) is 5.10. The Balaban J connectivity index is 2.72. The normalized spacial score (nSPS) is 10.5. The van der Waals surface area contributed by atoms with Crippen molar-refractivity contribution in [2.45, 2.75) is 26.7 Å². The van der Waals surface area contributed by atoms with Crippen molar-refractivity contribution in [3.05, 3.63) is 6.42 Å². The molecule has 1 N–H and O–H groups in total. The lowest BCUT2D eigenvalue weighted by molar-refractivity contribution is 0.286. The first-order chi connectivity index (χ1) is 3.77. The monoisotopic (exact) mass is 115 g/mol. The van der Waals surface area contributed by atoms with E-state index < -0.39 is 0 Å². The molecule has 0 amide bonds. The fourth-order valence-corrected chi connectivity index (χ4v) is 0.542. The van der Waals surface area contributed by atoms with E-state index in [0.717, 1.165) is 12.8 Å². The third-order valence-electron chi connectivity index (χ3n) is 1.00. The standard InChI is InChI=1S/C7H15O/c1-7(2)5-3-4-6-8/h5,7-8H,3-4,6H2,1-2H3. The van der Waals surface area contributed by atoms with Gasteiger partial charge in [-0.25, -0.2) is 0 Å². The highest BCUT2D eigenvalue weighted by Crippen LogP contribution is 2.02. The van der Waals surface area contributed by atoms with E-state index >= 15 is 0 Å². The molecule has 0 aliphatic carbocycles. The zero-order chi connectivity index (χ0) is 6.41.